The predicted molar refractivity (Wildman–Crippen MR) is 105 cm³/mol. The first kappa shape index (κ1) is 19.6. The summed E-state index contributed by atoms with van der Waals surface area (Å²) in [4.78, 5) is 12.5. The molecular formula is C17H16Cl2N2O5S. The van der Waals surface area contributed by atoms with Gasteiger partial charge in [0.15, 0.2) is 5.75 Å². The zero-order valence-electron chi connectivity index (χ0n) is 14.2. The van der Waals surface area contributed by atoms with Gasteiger partial charge in [-0.05, 0) is 36.8 Å². The number of hydrogen-bond acceptors (Lipinski definition) is 5. The molecule has 1 fully saturated rings. The normalized spacial score (nSPS) is 15.6. The monoisotopic (exact) mass is 430 g/mol. The third-order valence-electron chi connectivity index (χ3n) is 4.08. The summed E-state index contributed by atoms with van der Waals surface area (Å²) in [6, 6.07) is 6.98. The Morgan fingerprint density at radius 2 is 1.89 bits per heavy atom. The van der Waals surface area contributed by atoms with Crippen LogP contribution < -0.4 is 14.4 Å². The van der Waals surface area contributed by atoms with Gasteiger partial charge in [-0.2, -0.15) is 0 Å². The predicted octanol–water partition coefficient (Wildman–Crippen LogP) is 3.50. The van der Waals surface area contributed by atoms with Crippen LogP contribution in [0.5, 0.6) is 11.5 Å². The van der Waals surface area contributed by atoms with Crippen molar-refractivity contribution in [3.05, 3.63) is 45.9 Å². The average Bonchev–Trinajstić information content (AvgIpc) is 2.95. The van der Waals surface area contributed by atoms with E-state index >= 15 is 0 Å². The molecule has 10 heteroatoms. The number of hydrogen-bond donors (Lipinski definition) is 2. The molecule has 3 rings (SSSR count). The fourth-order valence-corrected chi connectivity index (χ4v) is 4.99. The molecule has 1 aliphatic rings. The molecule has 1 aliphatic heterocycles. The quantitative estimate of drug-likeness (QED) is 0.723. The molecule has 0 atom stereocenters. The molecule has 0 aromatic heterocycles. The molecule has 1 amide bonds. The van der Waals surface area contributed by atoms with E-state index < -0.39 is 15.9 Å². The van der Waals surface area contributed by atoms with Crippen LogP contribution in [0.15, 0.2) is 30.3 Å². The smallest absolute Gasteiger partial charge is 0.255 e. The van der Waals surface area contributed by atoms with E-state index in [1.807, 2.05) is 0 Å². The molecule has 0 aliphatic carbocycles. The number of nitrogens with zero attached hydrogens (tertiary/aromatic N) is 1. The number of ether oxygens (including phenoxy) is 1. The van der Waals surface area contributed by atoms with Crippen molar-refractivity contribution in [2.45, 2.75) is 6.42 Å². The van der Waals surface area contributed by atoms with E-state index in [0.29, 0.717) is 18.7 Å². The van der Waals surface area contributed by atoms with Crippen molar-refractivity contribution < 1.29 is 23.1 Å². The lowest BCUT2D eigenvalue weighted by molar-refractivity contribution is 0.102. The average molecular weight is 431 g/mol. The number of phenols is 1. The number of phenolic OH excluding ortho intramolecular Hbond substituents is 1. The second kappa shape index (κ2) is 7.46. The SMILES string of the molecule is COc1c(Cl)cc(C(=O)Nc2cc(N3CCCS3(=O)=O)ccc2O)cc1Cl. The molecule has 0 bridgehead atoms. The standard InChI is InChI=1S/C17H16Cl2N2O5S/c1-26-16-12(18)7-10(8-13(16)19)17(23)20-14-9-11(3-4-15(14)22)21-5-2-6-27(21,24)25/h3-4,7-9,22H,2,5-6H2,1H3,(H,20,23). The summed E-state index contributed by atoms with van der Waals surface area (Å²) < 4.78 is 30.4. The minimum atomic E-state index is -3.38. The van der Waals surface area contributed by atoms with Crippen LogP contribution in [-0.2, 0) is 10.0 Å². The number of nitrogens with one attached hydrogen (secondary N) is 1. The summed E-state index contributed by atoms with van der Waals surface area (Å²) in [5, 5.41) is 12.9. The maximum atomic E-state index is 12.5. The lowest BCUT2D eigenvalue weighted by Crippen LogP contribution is -2.25. The zero-order valence-corrected chi connectivity index (χ0v) is 16.5. The number of methoxy groups -OCH3 is 1. The minimum Gasteiger partial charge on any atom is -0.506 e. The van der Waals surface area contributed by atoms with Crippen molar-refractivity contribution in [3.63, 3.8) is 0 Å². The van der Waals surface area contributed by atoms with Crippen LogP contribution in [0.25, 0.3) is 0 Å². The first-order chi connectivity index (χ1) is 12.7. The highest BCUT2D eigenvalue weighted by Crippen LogP contribution is 2.35. The Morgan fingerprint density at radius 3 is 2.44 bits per heavy atom. The van der Waals surface area contributed by atoms with Gasteiger partial charge in [0.2, 0.25) is 10.0 Å². The molecule has 7 nitrogen and oxygen atoms in total. The third kappa shape index (κ3) is 3.92. The summed E-state index contributed by atoms with van der Waals surface area (Å²) in [6.45, 7) is 0.351. The Kier molecular flexibility index (Phi) is 5.41. The molecule has 2 N–H and O–H groups in total. The molecule has 1 saturated heterocycles. The minimum absolute atomic E-state index is 0.0679. The van der Waals surface area contributed by atoms with Crippen molar-refractivity contribution in [3.8, 4) is 11.5 Å². The van der Waals surface area contributed by atoms with Gasteiger partial charge in [0.05, 0.1) is 34.3 Å². The number of aromatic hydroxyl groups is 1. The summed E-state index contributed by atoms with van der Waals surface area (Å²) in [5.41, 5.74) is 0.596. The number of carbonyl (C=O) groups excluding carboxylic acids is 1. The van der Waals surface area contributed by atoms with Gasteiger partial charge in [0.1, 0.15) is 5.75 Å². The highest BCUT2D eigenvalue weighted by Gasteiger charge is 2.29. The van der Waals surface area contributed by atoms with E-state index in [-0.39, 0.29) is 38.5 Å². The van der Waals surface area contributed by atoms with E-state index in [4.69, 9.17) is 27.9 Å². The molecule has 0 spiro atoms. The first-order valence-electron chi connectivity index (χ1n) is 7.91. The molecule has 2 aromatic rings. The fourth-order valence-electron chi connectivity index (χ4n) is 2.79. The Labute approximate surface area is 166 Å². The van der Waals surface area contributed by atoms with Gasteiger partial charge < -0.3 is 15.2 Å². The molecule has 144 valence electrons. The summed E-state index contributed by atoms with van der Waals surface area (Å²) in [6.07, 6.45) is 0.522. The van der Waals surface area contributed by atoms with E-state index in [1.54, 1.807) is 0 Å². The van der Waals surface area contributed by atoms with E-state index in [1.165, 1.54) is 41.7 Å². The summed E-state index contributed by atoms with van der Waals surface area (Å²) >= 11 is 12.1. The number of rotatable bonds is 4. The fraction of sp³-hybridized carbons (Fsp3) is 0.235. The summed E-state index contributed by atoms with van der Waals surface area (Å²) in [5.74, 6) is -0.454. The van der Waals surface area contributed by atoms with E-state index in [2.05, 4.69) is 5.32 Å². The maximum Gasteiger partial charge on any atom is 0.255 e. The molecule has 27 heavy (non-hydrogen) atoms. The topological polar surface area (TPSA) is 95.9 Å². The van der Waals surface area contributed by atoms with Crippen molar-refractivity contribution in [1.29, 1.82) is 0 Å². The number of amides is 1. The highest BCUT2D eigenvalue weighted by atomic mass is 35.5. The van der Waals surface area contributed by atoms with Crippen LogP contribution in [-0.4, -0.2) is 38.8 Å². The number of anilines is 2. The van der Waals surface area contributed by atoms with Crippen molar-refractivity contribution in [2.24, 2.45) is 0 Å². The molecule has 2 aromatic carbocycles. The number of benzene rings is 2. The lowest BCUT2D eigenvalue weighted by Gasteiger charge is -2.18. The van der Waals surface area contributed by atoms with Crippen LogP contribution in [0.3, 0.4) is 0 Å². The number of sulfonamides is 1. The third-order valence-corrected chi connectivity index (χ3v) is 6.51. The van der Waals surface area contributed by atoms with Crippen LogP contribution in [0.1, 0.15) is 16.8 Å². The molecule has 0 radical (unpaired) electrons. The summed E-state index contributed by atoms with van der Waals surface area (Å²) in [7, 11) is -1.97. The first-order valence-corrected chi connectivity index (χ1v) is 10.3. The maximum absolute atomic E-state index is 12.5. The van der Waals surface area contributed by atoms with Gasteiger partial charge in [-0.15, -0.1) is 0 Å². The lowest BCUT2D eigenvalue weighted by atomic mass is 10.2. The van der Waals surface area contributed by atoms with Crippen molar-refractivity contribution in [1.82, 2.24) is 0 Å². The van der Waals surface area contributed by atoms with Gasteiger partial charge in [-0.25, -0.2) is 8.42 Å². The Morgan fingerprint density at radius 1 is 1.22 bits per heavy atom. The largest absolute Gasteiger partial charge is 0.506 e. The van der Waals surface area contributed by atoms with Crippen LogP contribution in [0, 0.1) is 0 Å². The van der Waals surface area contributed by atoms with Crippen molar-refractivity contribution >= 4 is 50.5 Å². The number of carbonyl (C=O) groups is 1. The van der Waals surface area contributed by atoms with Gasteiger partial charge in [-0.1, -0.05) is 23.2 Å². The highest BCUT2D eigenvalue weighted by molar-refractivity contribution is 7.93. The van der Waals surface area contributed by atoms with Crippen LogP contribution in [0.4, 0.5) is 11.4 Å². The van der Waals surface area contributed by atoms with E-state index in [9.17, 15) is 18.3 Å². The van der Waals surface area contributed by atoms with Gasteiger partial charge in [0.25, 0.3) is 5.91 Å². The van der Waals surface area contributed by atoms with Gasteiger partial charge in [0, 0.05) is 12.1 Å². The Bertz CT molecular complexity index is 987. The second-order valence-corrected chi connectivity index (χ2v) is 8.70. The van der Waals surface area contributed by atoms with E-state index in [0.717, 1.165) is 0 Å². The molecule has 0 saturated carbocycles. The van der Waals surface area contributed by atoms with Gasteiger partial charge in [-0.3, -0.25) is 9.10 Å². The Balaban J connectivity index is 1.89. The second-order valence-electron chi connectivity index (χ2n) is 5.87. The van der Waals surface area contributed by atoms with Crippen LogP contribution in [0.2, 0.25) is 10.0 Å². The van der Waals surface area contributed by atoms with Crippen LogP contribution >= 0.6 is 23.2 Å². The zero-order chi connectivity index (χ0) is 19.8. The Hall–Kier alpha value is -2.16. The van der Waals surface area contributed by atoms with Crippen molar-refractivity contribution in [2.75, 3.05) is 29.0 Å². The molecule has 1 heterocycles. The molecule has 0 unspecified atom stereocenters. The van der Waals surface area contributed by atoms with Gasteiger partial charge >= 0.3 is 0 Å². The molecular weight excluding hydrogens is 415 g/mol. The number of halogens is 2.